The SMILES string of the molecule is C=C(C)c1ccc(OC(C)(F)F)cc1. The van der Waals surface area contributed by atoms with Crippen LogP contribution in [0.15, 0.2) is 30.8 Å². The van der Waals surface area contributed by atoms with Crippen molar-refractivity contribution in [3.8, 4) is 5.75 Å². The van der Waals surface area contributed by atoms with Gasteiger partial charge in [-0.05, 0) is 24.6 Å². The fraction of sp³-hybridized carbons (Fsp3) is 0.273. The molecule has 0 spiro atoms. The Kier molecular flexibility index (Phi) is 2.89. The van der Waals surface area contributed by atoms with Gasteiger partial charge < -0.3 is 4.74 Å². The van der Waals surface area contributed by atoms with Crippen LogP contribution in [0.5, 0.6) is 5.75 Å². The van der Waals surface area contributed by atoms with Crippen LogP contribution in [0.25, 0.3) is 5.57 Å². The fourth-order valence-electron chi connectivity index (χ4n) is 1.01. The molecule has 1 aromatic carbocycles. The van der Waals surface area contributed by atoms with Gasteiger partial charge in [0.05, 0.1) is 0 Å². The Morgan fingerprint density at radius 3 is 2.14 bits per heavy atom. The number of alkyl halides is 2. The maximum atomic E-state index is 12.4. The first-order chi connectivity index (χ1) is 6.38. The second kappa shape index (κ2) is 3.78. The van der Waals surface area contributed by atoms with Crippen LogP contribution in [0, 0.1) is 0 Å². The molecular weight excluding hydrogens is 186 g/mol. The van der Waals surface area contributed by atoms with Gasteiger partial charge in [0, 0.05) is 6.92 Å². The molecule has 1 aromatic rings. The first kappa shape index (κ1) is 10.7. The molecule has 0 unspecified atom stereocenters. The summed E-state index contributed by atoms with van der Waals surface area (Å²) in [7, 11) is 0. The zero-order valence-electron chi connectivity index (χ0n) is 8.18. The Labute approximate surface area is 82.0 Å². The lowest BCUT2D eigenvalue weighted by atomic mass is 10.1. The molecule has 3 heteroatoms. The standard InChI is InChI=1S/C11H12F2O/c1-8(2)9-4-6-10(7-5-9)14-11(3,12)13/h4-7H,1H2,2-3H3. The van der Waals surface area contributed by atoms with Gasteiger partial charge in [0.2, 0.25) is 0 Å². The van der Waals surface area contributed by atoms with Crippen LogP contribution < -0.4 is 4.74 Å². The summed E-state index contributed by atoms with van der Waals surface area (Å²) in [5.41, 5.74) is 1.80. The van der Waals surface area contributed by atoms with Crippen LogP contribution in [0.1, 0.15) is 19.4 Å². The second-order valence-corrected chi connectivity index (χ2v) is 3.21. The van der Waals surface area contributed by atoms with Crippen LogP contribution in [-0.4, -0.2) is 6.11 Å². The van der Waals surface area contributed by atoms with Crippen molar-refractivity contribution in [1.29, 1.82) is 0 Å². The molecule has 0 aromatic heterocycles. The average molecular weight is 198 g/mol. The van der Waals surface area contributed by atoms with Gasteiger partial charge in [-0.25, -0.2) is 0 Å². The minimum absolute atomic E-state index is 0.155. The van der Waals surface area contributed by atoms with Gasteiger partial charge in [-0.3, -0.25) is 0 Å². The number of rotatable bonds is 3. The molecule has 0 aliphatic rings. The third kappa shape index (κ3) is 3.17. The van der Waals surface area contributed by atoms with Crippen molar-refractivity contribution in [2.45, 2.75) is 20.0 Å². The van der Waals surface area contributed by atoms with Crippen LogP contribution in [0.2, 0.25) is 0 Å². The van der Waals surface area contributed by atoms with E-state index in [1.54, 1.807) is 12.1 Å². The minimum atomic E-state index is -3.13. The van der Waals surface area contributed by atoms with E-state index < -0.39 is 6.11 Å². The molecule has 0 bridgehead atoms. The Balaban J connectivity index is 2.79. The van der Waals surface area contributed by atoms with Gasteiger partial charge in [0.25, 0.3) is 0 Å². The van der Waals surface area contributed by atoms with E-state index in [-0.39, 0.29) is 5.75 Å². The predicted octanol–water partition coefficient (Wildman–Crippen LogP) is 3.71. The number of hydrogen-bond donors (Lipinski definition) is 0. The van der Waals surface area contributed by atoms with Crippen molar-refractivity contribution in [2.75, 3.05) is 0 Å². The molecule has 0 amide bonds. The molecule has 0 atom stereocenters. The molecule has 76 valence electrons. The van der Waals surface area contributed by atoms with E-state index in [1.165, 1.54) is 12.1 Å². The summed E-state index contributed by atoms with van der Waals surface area (Å²) in [4.78, 5) is 0. The third-order valence-corrected chi connectivity index (χ3v) is 1.64. The van der Waals surface area contributed by atoms with E-state index in [0.717, 1.165) is 11.1 Å². The molecule has 0 saturated heterocycles. The zero-order valence-corrected chi connectivity index (χ0v) is 8.18. The Morgan fingerprint density at radius 1 is 1.29 bits per heavy atom. The first-order valence-electron chi connectivity index (χ1n) is 4.21. The summed E-state index contributed by atoms with van der Waals surface area (Å²) in [5.74, 6) is 0.155. The minimum Gasteiger partial charge on any atom is -0.433 e. The Hall–Kier alpha value is -1.38. The van der Waals surface area contributed by atoms with Crippen molar-refractivity contribution in [1.82, 2.24) is 0 Å². The quantitative estimate of drug-likeness (QED) is 0.719. The van der Waals surface area contributed by atoms with Crippen LogP contribution in [0.3, 0.4) is 0 Å². The van der Waals surface area contributed by atoms with Gasteiger partial charge in [0.15, 0.2) is 0 Å². The van der Waals surface area contributed by atoms with E-state index in [0.29, 0.717) is 6.92 Å². The highest BCUT2D eigenvalue weighted by Crippen LogP contribution is 2.22. The van der Waals surface area contributed by atoms with E-state index in [4.69, 9.17) is 0 Å². The summed E-state index contributed by atoms with van der Waals surface area (Å²) in [6.07, 6.45) is -3.13. The number of halogens is 2. The van der Waals surface area contributed by atoms with Crippen molar-refractivity contribution >= 4 is 5.57 Å². The van der Waals surface area contributed by atoms with Crippen molar-refractivity contribution < 1.29 is 13.5 Å². The summed E-state index contributed by atoms with van der Waals surface area (Å²) < 4.78 is 29.2. The van der Waals surface area contributed by atoms with Crippen LogP contribution in [0.4, 0.5) is 8.78 Å². The molecule has 0 heterocycles. The molecule has 0 N–H and O–H groups in total. The monoisotopic (exact) mass is 198 g/mol. The number of allylic oxidation sites excluding steroid dienone is 1. The molecule has 0 aliphatic heterocycles. The summed E-state index contributed by atoms with van der Waals surface area (Å²) >= 11 is 0. The Bertz CT molecular complexity index is 322. The van der Waals surface area contributed by atoms with Crippen LogP contribution >= 0.6 is 0 Å². The van der Waals surface area contributed by atoms with E-state index in [1.807, 2.05) is 6.92 Å². The maximum absolute atomic E-state index is 12.4. The molecule has 0 radical (unpaired) electrons. The molecule has 0 fully saturated rings. The lowest BCUT2D eigenvalue weighted by Gasteiger charge is -2.13. The van der Waals surface area contributed by atoms with E-state index in [9.17, 15) is 8.78 Å². The molecule has 0 saturated carbocycles. The topological polar surface area (TPSA) is 9.23 Å². The van der Waals surface area contributed by atoms with Gasteiger partial charge in [-0.15, -0.1) is 0 Å². The highest BCUT2D eigenvalue weighted by atomic mass is 19.3. The number of ether oxygens (including phenoxy) is 1. The number of hydrogen-bond acceptors (Lipinski definition) is 1. The zero-order chi connectivity index (χ0) is 10.8. The molecule has 0 aliphatic carbocycles. The van der Waals surface area contributed by atoms with Crippen molar-refractivity contribution in [2.24, 2.45) is 0 Å². The first-order valence-corrected chi connectivity index (χ1v) is 4.21. The Morgan fingerprint density at radius 2 is 1.79 bits per heavy atom. The van der Waals surface area contributed by atoms with Crippen molar-refractivity contribution in [3.05, 3.63) is 36.4 Å². The van der Waals surface area contributed by atoms with Gasteiger partial charge in [-0.1, -0.05) is 24.3 Å². The van der Waals surface area contributed by atoms with E-state index in [2.05, 4.69) is 11.3 Å². The van der Waals surface area contributed by atoms with Gasteiger partial charge >= 0.3 is 6.11 Å². The van der Waals surface area contributed by atoms with Crippen LogP contribution in [-0.2, 0) is 0 Å². The molecule has 1 rings (SSSR count). The smallest absolute Gasteiger partial charge is 0.394 e. The highest BCUT2D eigenvalue weighted by molar-refractivity contribution is 5.61. The van der Waals surface area contributed by atoms with Gasteiger partial charge in [-0.2, -0.15) is 8.78 Å². The summed E-state index contributed by atoms with van der Waals surface area (Å²) in [6, 6.07) is 6.40. The molecule has 14 heavy (non-hydrogen) atoms. The van der Waals surface area contributed by atoms with Gasteiger partial charge in [0.1, 0.15) is 5.75 Å². The average Bonchev–Trinajstić information content (AvgIpc) is 2.02. The van der Waals surface area contributed by atoms with E-state index >= 15 is 0 Å². The highest BCUT2D eigenvalue weighted by Gasteiger charge is 2.22. The third-order valence-electron chi connectivity index (χ3n) is 1.64. The normalized spacial score (nSPS) is 11.1. The predicted molar refractivity (Wildman–Crippen MR) is 52.4 cm³/mol. The maximum Gasteiger partial charge on any atom is 0.394 e. The summed E-state index contributed by atoms with van der Waals surface area (Å²) in [5, 5.41) is 0. The van der Waals surface area contributed by atoms with Crippen molar-refractivity contribution in [3.63, 3.8) is 0 Å². The number of benzene rings is 1. The fourth-order valence-corrected chi connectivity index (χ4v) is 1.01. The lowest BCUT2D eigenvalue weighted by molar-refractivity contribution is -0.158. The molecular formula is C11H12F2O. The lowest BCUT2D eigenvalue weighted by Crippen LogP contribution is -2.18. The molecule has 1 nitrogen and oxygen atoms in total. The second-order valence-electron chi connectivity index (χ2n) is 3.21. The summed E-state index contributed by atoms with van der Waals surface area (Å²) in [6.45, 7) is 6.30. The largest absolute Gasteiger partial charge is 0.433 e.